The second kappa shape index (κ2) is 14.6. The molecule has 3 heterocycles. The lowest BCUT2D eigenvalue weighted by Gasteiger charge is -2.22. The van der Waals surface area contributed by atoms with E-state index in [0.717, 1.165) is 24.1 Å². The zero-order valence-corrected chi connectivity index (χ0v) is 30.4. The number of allylic oxidation sites excluding steroid dienone is 5. The zero-order chi connectivity index (χ0) is 34.7. The first-order valence-corrected chi connectivity index (χ1v) is 19.2. The van der Waals surface area contributed by atoms with Gasteiger partial charge in [0.25, 0.3) is 0 Å². The fourth-order valence-corrected chi connectivity index (χ4v) is 8.57. The molecule has 0 saturated heterocycles. The summed E-state index contributed by atoms with van der Waals surface area (Å²) in [4.78, 5) is 7.72. The van der Waals surface area contributed by atoms with Crippen LogP contribution in [0.1, 0.15) is 77.2 Å². The summed E-state index contributed by atoms with van der Waals surface area (Å²) in [6, 6.07) is 36.3. The molecule has 51 heavy (non-hydrogen) atoms. The van der Waals surface area contributed by atoms with E-state index in [4.69, 9.17) is 4.98 Å². The fraction of sp³-hybridized carbons (Fsp3) is 0.271. The van der Waals surface area contributed by atoms with Crippen LogP contribution in [0.3, 0.4) is 0 Å². The van der Waals surface area contributed by atoms with Crippen molar-refractivity contribution in [3.05, 3.63) is 150 Å². The highest BCUT2D eigenvalue weighted by atomic mass is 15.2. The first kappa shape index (κ1) is 33.0. The molecule has 1 unspecified atom stereocenters. The van der Waals surface area contributed by atoms with Gasteiger partial charge in [-0.15, -0.1) is 0 Å². The van der Waals surface area contributed by atoms with Gasteiger partial charge in [0.15, 0.2) is 0 Å². The molecule has 0 amide bonds. The highest BCUT2D eigenvalue weighted by molar-refractivity contribution is 5.95. The monoisotopic (exact) mass is 667 g/mol. The third-order valence-electron chi connectivity index (χ3n) is 11.0. The molecule has 8 rings (SSSR count). The van der Waals surface area contributed by atoms with Gasteiger partial charge in [-0.3, -0.25) is 4.40 Å². The number of rotatable bonds is 10. The lowest BCUT2D eigenvalue weighted by atomic mass is 9.85. The van der Waals surface area contributed by atoms with Gasteiger partial charge in [0.05, 0.1) is 16.6 Å². The molecule has 256 valence electrons. The molecule has 0 radical (unpaired) electrons. The minimum Gasteiger partial charge on any atom is -0.341 e. The summed E-state index contributed by atoms with van der Waals surface area (Å²) in [6.07, 6.45) is 21.9. The molecule has 2 aliphatic rings. The van der Waals surface area contributed by atoms with Gasteiger partial charge in [-0.05, 0) is 138 Å². The van der Waals surface area contributed by atoms with Crippen LogP contribution in [-0.4, -0.2) is 15.9 Å². The Morgan fingerprint density at radius 1 is 0.804 bits per heavy atom. The van der Waals surface area contributed by atoms with Crippen molar-refractivity contribution in [2.24, 2.45) is 5.92 Å². The van der Waals surface area contributed by atoms with E-state index in [9.17, 15) is 0 Å². The SMILES string of the molecule is C/C=C\C=CC1CN(c2ccc(-c3ccc4c(ccc5nc6cc(C(CCC)CCC)c(-c7ccccc7)cc6n54)c3)cc2)C2=C1CCCC=C2. The Hall–Kier alpha value is -5.15. The van der Waals surface area contributed by atoms with Gasteiger partial charge < -0.3 is 4.90 Å². The van der Waals surface area contributed by atoms with Crippen LogP contribution in [0.2, 0.25) is 0 Å². The molecule has 0 spiro atoms. The molecular weight excluding hydrogens is 619 g/mol. The Morgan fingerprint density at radius 2 is 1.61 bits per heavy atom. The predicted octanol–water partition coefficient (Wildman–Crippen LogP) is 13.2. The van der Waals surface area contributed by atoms with Gasteiger partial charge in [-0.25, -0.2) is 4.98 Å². The third kappa shape index (κ3) is 6.35. The van der Waals surface area contributed by atoms with Crippen molar-refractivity contribution in [2.75, 3.05) is 11.4 Å². The van der Waals surface area contributed by atoms with E-state index in [0.29, 0.717) is 11.8 Å². The average molecular weight is 668 g/mol. The number of aromatic nitrogens is 2. The third-order valence-corrected chi connectivity index (χ3v) is 11.0. The van der Waals surface area contributed by atoms with Crippen LogP contribution in [0, 0.1) is 5.92 Å². The normalized spacial score (nSPS) is 16.5. The topological polar surface area (TPSA) is 20.5 Å². The molecular formula is C48H49N3. The minimum atomic E-state index is 0.458. The second-order valence-electron chi connectivity index (χ2n) is 14.4. The molecule has 3 heteroatoms. The van der Waals surface area contributed by atoms with Gasteiger partial charge in [-0.2, -0.15) is 0 Å². The van der Waals surface area contributed by atoms with Crippen molar-refractivity contribution in [3.63, 3.8) is 0 Å². The largest absolute Gasteiger partial charge is 0.341 e. The quantitative estimate of drug-likeness (QED) is 0.136. The van der Waals surface area contributed by atoms with Crippen LogP contribution in [0.25, 0.3) is 49.8 Å². The number of hydrogen-bond donors (Lipinski definition) is 0. The van der Waals surface area contributed by atoms with Crippen molar-refractivity contribution in [1.82, 2.24) is 9.38 Å². The molecule has 3 nitrogen and oxygen atoms in total. The number of pyridine rings is 1. The Bertz CT molecular complexity index is 2290. The molecule has 6 aromatic rings. The average Bonchev–Trinajstić information content (AvgIpc) is 3.61. The molecule has 0 bridgehead atoms. The number of benzene rings is 4. The standard InChI is InChI=1S/C48H49N3/c1-4-7-10-19-39-33-50(46-21-14-9-13-20-41(39)46)40-26-22-34(23-27-40)37-24-28-45-38(30-37)25-29-48-49-44-31-42(35(15-5-2)16-6-3)43(32-47(44)51(45)48)36-17-11-8-12-18-36/h4,7-8,10-12,14,17-19,21-32,35,39H,5-6,9,13,15-16,20,33H2,1-3H3/b7-4-,19-10?. The molecule has 1 aliphatic heterocycles. The molecule has 0 N–H and O–H groups in total. The van der Waals surface area contributed by atoms with E-state index in [1.54, 1.807) is 5.57 Å². The first-order chi connectivity index (χ1) is 25.2. The van der Waals surface area contributed by atoms with E-state index >= 15 is 0 Å². The van der Waals surface area contributed by atoms with E-state index in [1.807, 2.05) is 0 Å². The Balaban J connectivity index is 1.16. The molecule has 0 saturated carbocycles. The zero-order valence-electron chi connectivity index (χ0n) is 30.4. The van der Waals surface area contributed by atoms with Crippen LogP contribution < -0.4 is 4.90 Å². The smallest absolute Gasteiger partial charge is 0.138 e. The molecule has 2 aromatic heterocycles. The Labute approximate surface area is 303 Å². The fourth-order valence-electron chi connectivity index (χ4n) is 8.57. The van der Waals surface area contributed by atoms with Crippen molar-refractivity contribution in [3.8, 4) is 22.3 Å². The number of imidazole rings is 1. The van der Waals surface area contributed by atoms with Gasteiger partial charge in [0, 0.05) is 23.8 Å². The predicted molar refractivity (Wildman–Crippen MR) is 218 cm³/mol. The van der Waals surface area contributed by atoms with E-state index in [-0.39, 0.29) is 0 Å². The summed E-state index contributed by atoms with van der Waals surface area (Å²) in [5.74, 6) is 0.990. The van der Waals surface area contributed by atoms with Crippen molar-refractivity contribution < 1.29 is 0 Å². The van der Waals surface area contributed by atoms with Crippen molar-refractivity contribution in [1.29, 1.82) is 0 Å². The Morgan fingerprint density at radius 3 is 2.39 bits per heavy atom. The molecule has 1 atom stereocenters. The lowest BCUT2D eigenvalue weighted by molar-refractivity contribution is 0.562. The second-order valence-corrected chi connectivity index (χ2v) is 14.4. The summed E-state index contributed by atoms with van der Waals surface area (Å²) in [6.45, 7) is 7.69. The van der Waals surface area contributed by atoms with Crippen LogP contribution in [-0.2, 0) is 0 Å². The van der Waals surface area contributed by atoms with Gasteiger partial charge >= 0.3 is 0 Å². The number of nitrogens with zero attached hydrogens (tertiary/aromatic N) is 3. The van der Waals surface area contributed by atoms with Crippen LogP contribution >= 0.6 is 0 Å². The summed E-state index contributed by atoms with van der Waals surface area (Å²) >= 11 is 0. The van der Waals surface area contributed by atoms with Crippen LogP contribution in [0.5, 0.6) is 0 Å². The van der Waals surface area contributed by atoms with Gasteiger partial charge in [-0.1, -0.05) is 106 Å². The summed E-state index contributed by atoms with van der Waals surface area (Å²) in [5.41, 5.74) is 15.2. The van der Waals surface area contributed by atoms with Gasteiger partial charge in [0.1, 0.15) is 5.65 Å². The highest BCUT2D eigenvalue weighted by Crippen LogP contribution is 2.41. The molecule has 0 fully saturated rings. The number of anilines is 1. The summed E-state index contributed by atoms with van der Waals surface area (Å²) in [7, 11) is 0. The molecule has 1 aliphatic carbocycles. The van der Waals surface area contributed by atoms with Gasteiger partial charge in [0.2, 0.25) is 0 Å². The summed E-state index contributed by atoms with van der Waals surface area (Å²) in [5, 5.41) is 1.22. The maximum atomic E-state index is 5.19. The minimum absolute atomic E-state index is 0.458. The van der Waals surface area contributed by atoms with Crippen molar-refractivity contribution in [2.45, 2.75) is 71.6 Å². The van der Waals surface area contributed by atoms with Crippen LogP contribution in [0.4, 0.5) is 5.69 Å². The summed E-state index contributed by atoms with van der Waals surface area (Å²) < 4.78 is 2.36. The number of fused-ring (bicyclic) bond motifs is 5. The molecule has 4 aromatic carbocycles. The van der Waals surface area contributed by atoms with E-state index in [2.05, 4.69) is 164 Å². The Kier molecular flexibility index (Phi) is 9.45. The number of hydrogen-bond acceptors (Lipinski definition) is 2. The van der Waals surface area contributed by atoms with Crippen LogP contribution in [0.15, 0.2) is 145 Å². The maximum Gasteiger partial charge on any atom is 0.138 e. The lowest BCUT2D eigenvalue weighted by Crippen LogP contribution is -2.20. The highest BCUT2D eigenvalue weighted by Gasteiger charge is 2.30. The first-order valence-electron chi connectivity index (χ1n) is 19.2. The van der Waals surface area contributed by atoms with E-state index < -0.39 is 0 Å². The van der Waals surface area contributed by atoms with Crippen molar-refractivity contribution >= 4 is 33.3 Å². The maximum absolute atomic E-state index is 5.19. The van der Waals surface area contributed by atoms with E-state index in [1.165, 1.54) is 94.1 Å².